The molecule has 1 heterocycles. The molecule has 0 aromatic heterocycles. The number of nitrogens with zero attached hydrogens (tertiary/aromatic N) is 1. The van der Waals surface area contributed by atoms with Crippen molar-refractivity contribution in [2.24, 2.45) is 0 Å². The lowest BCUT2D eigenvalue weighted by molar-refractivity contribution is -0.115. The highest BCUT2D eigenvalue weighted by Gasteiger charge is 2.22. The van der Waals surface area contributed by atoms with E-state index in [-0.39, 0.29) is 11.7 Å². The molecule has 0 radical (unpaired) electrons. The summed E-state index contributed by atoms with van der Waals surface area (Å²) >= 11 is 1.54. The zero-order valence-corrected chi connectivity index (χ0v) is 7.68. The Morgan fingerprint density at radius 1 is 1.46 bits per heavy atom. The van der Waals surface area contributed by atoms with Crippen LogP contribution in [0, 0.1) is 5.82 Å². The molecule has 2 nitrogen and oxygen atoms in total. The maximum absolute atomic E-state index is 12.8. The number of hydrogen-bond acceptors (Lipinski definition) is 2. The Balaban J connectivity index is 2.29. The lowest BCUT2D eigenvalue weighted by atomic mass is 10.3. The second-order valence-corrected chi connectivity index (χ2v) is 3.73. The maximum atomic E-state index is 12.8. The average molecular weight is 197 g/mol. The number of amides is 1. The van der Waals surface area contributed by atoms with Crippen molar-refractivity contribution in [1.82, 2.24) is 0 Å². The minimum absolute atomic E-state index is 0.0515. The smallest absolute Gasteiger partial charge is 0.237 e. The molecule has 1 aromatic carbocycles. The lowest BCUT2D eigenvalue weighted by Crippen LogP contribution is -2.24. The van der Waals surface area contributed by atoms with Gasteiger partial charge in [0.15, 0.2) is 0 Å². The van der Waals surface area contributed by atoms with Crippen LogP contribution in [-0.4, -0.2) is 17.5 Å². The van der Waals surface area contributed by atoms with E-state index in [4.69, 9.17) is 0 Å². The second kappa shape index (κ2) is 3.38. The Kier molecular flexibility index (Phi) is 2.22. The van der Waals surface area contributed by atoms with Crippen LogP contribution in [0.4, 0.5) is 10.1 Å². The highest BCUT2D eigenvalue weighted by molar-refractivity contribution is 8.00. The first-order chi connectivity index (χ1) is 6.27. The van der Waals surface area contributed by atoms with Gasteiger partial charge in [-0.05, 0) is 18.2 Å². The second-order valence-electron chi connectivity index (χ2n) is 2.78. The van der Waals surface area contributed by atoms with E-state index >= 15 is 0 Å². The molecule has 1 amide bonds. The van der Waals surface area contributed by atoms with E-state index in [1.807, 2.05) is 0 Å². The van der Waals surface area contributed by atoms with Crippen LogP contribution in [0.3, 0.4) is 0 Å². The molecular weight excluding hydrogens is 189 g/mol. The molecule has 0 unspecified atom stereocenters. The highest BCUT2D eigenvalue weighted by atomic mass is 32.2. The molecular formula is C9H8FNOS. The molecule has 0 saturated carbocycles. The quantitative estimate of drug-likeness (QED) is 0.685. The summed E-state index contributed by atoms with van der Waals surface area (Å²) in [7, 11) is 0. The van der Waals surface area contributed by atoms with Crippen molar-refractivity contribution in [2.45, 2.75) is 0 Å². The monoisotopic (exact) mass is 197 g/mol. The van der Waals surface area contributed by atoms with Crippen LogP contribution in [0.5, 0.6) is 0 Å². The first-order valence-corrected chi connectivity index (χ1v) is 5.06. The summed E-state index contributed by atoms with van der Waals surface area (Å²) in [6.45, 7) is 0. The predicted octanol–water partition coefficient (Wildman–Crippen LogP) is 1.86. The molecule has 0 N–H and O–H groups in total. The van der Waals surface area contributed by atoms with Gasteiger partial charge in [0, 0.05) is 5.69 Å². The Labute approximate surface area is 79.7 Å². The molecule has 1 fully saturated rings. The number of thioether (sulfide) groups is 1. The fourth-order valence-electron chi connectivity index (χ4n) is 1.24. The van der Waals surface area contributed by atoms with Gasteiger partial charge < -0.3 is 4.90 Å². The number of rotatable bonds is 1. The van der Waals surface area contributed by atoms with Gasteiger partial charge in [0.05, 0.1) is 11.6 Å². The summed E-state index contributed by atoms with van der Waals surface area (Å²) in [6, 6.07) is 6.11. The van der Waals surface area contributed by atoms with Gasteiger partial charge in [-0.1, -0.05) is 6.07 Å². The summed E-state index contributed by atoms with van der Waals surface area (Å²) in [5.74, 6) is 0.872. The predicted molar refractivity (Wildman–Crippen MR) is 51.2 cm³/mol. The van der Waals surface area contributed by atoms with E-state index in [0.717, 1.165) is 0 Å². The van der Waals surface area contributed by atoms with Crippen molar-refractivity contribution >= 4 is 23.4 Å². The topological polar surface area (TPSA) is 20.3 Å². The van der Waals surface area contributed by atoms with Crippen LogP contribution >= 0.6 is 11.8 Å². The van der Waals surface area contributed by atoms with Gasteiger partial charge in [-0.3, -0.25) is 4.79 Å². The zero-order chi connectivity index (χ0) is 9.26. The third kappa shape index (κ3) is 1.67. The van der Waals surface area contributed by atoms with Gasteiger partial charge in [-0.2, -0.15) is 0 Å². The van der Waals surface area contributed by atoms with E-state index in [1.165, 1.54) is 12.1 Å². The van der Waals surface area contributed by atoms with E-state index in [2.05, 4.69) is 0 Å². The number of carbonyl (C=O) groups is 1. The SMILES string of the molecule is O=C1CSCN1c1cccc(F)c1. The van der Waals surface area contributed by atoms with Crippen molar-refractivity contribution < 1.29 is 9.18 Å². The molecule has 2 rings (SSSR count). The summed E-state index contributed by atoms with van der Waals surface area (Å²) in [4.78, 5) is 12.9. The Hall–Kier alpha value is -1.03. The van der Waals surface area contributed by atoms with Crippen molar-refractivity contribution in [2.75, 3.05) is 16.5 Å². The molecule has 0 spiro atoms. The van der Waals surface area contributed by atoms with E-state index < -0.39 is 0 Å². The van der Waals surface area contributed by atoms with Crippen LogP contribution in [0.2, 0.25) is 0 Å². The van der Waals surface area contributed by atoms with Crippen molar-refractivity contribution in [1.29, 1.82) is 0 Å². The third-order valence-corrected chi connectivity index (χ3v) is 2.76. The molecule has 0 atom stereocenters. The molecule has 1 saturated heterocycles. The van der Waals surface area contributed by atoms with Gasteiger partial charge in [0.1, 0.15) is 5.82 Å². The first-order valence-electron chi connectivity index (χ1n) is 3.91. The molecule has 0 aliphatic carbocycles. The van der Waals surface area contributed by atoms with Crippen LogP contribution in [-0.2, 0) is 4.79 Å². The van der Waals surface area contributed by atoms with Crippen molar-refractivity contribution in [3.8, 4) is 0 Å². The Morgan fingerprint density at radius 2 is 2.31 bits per heavy atom. The summed E-state index contributed by atoms with van der Waals surface area (Å²) in [6.07, 6.45) is 0. The summed E-state index contributed by atoms with van der Waals surface area (Å²) in [5.41, 5.74) is 0.648. The Bertz CT molecular complexity index is 342. The zero-order valence-electron chi connectivity index (χ0n) is 6.87. The minimum Gasteiger partial charge on any atom is -0.302 e. The number of carbonyl (C=O) groups excluding carboxylic acids is 1. The van der Waals surface area contributed by atoms with E-state index in [0.29, 0.717) is 17.3 Å². The van der Waals surface area contributed by atoms with Crippen LogP contribution in [0.25, 0.3) is 0 Å². The summed E-state index contributed by atoms with van der Waals surface area (Å²) < 4.78 is 12.8. The number of anilines is 1. The fraction of sp³-hybridized carbons (Fsp3) is 0.222. The van der Waals surface area contributed by atoms with Gasteiger partial charge >= 0.3 is 0 Å². The fourth-order valence-corrected chi connectivity index (χ4v) is 2.13. The minimum atomic E-state index is -0.304. The molecule has 1 aliphatic heterocycles. The maximum Gasteiger partial charge on any atom is 0.237 e. The van der Waals surface area contributed by atoms with Crippen LogP contribution in [0.15, 0.2) is 24.3 Å². The highest BCUT2D eigenvalue weighted by Crippen LogP contribution is 2.23. The molecule has 1 aliphatic rings. The molecule has 4 heteroatoms. The Morgan fingerprint density at radius 3 is 2.92 bits per heavy atom. The van der Waals surface area contributed by atoms with Gasteiger partial charge in [-0.25, -0.2) is 4.39 Å². The third-order valence-electron chi connectivity index (χ3n) is 1.87. The largest absolute Gasteiger partial charge is 0.302 e. The number of benzene rings is 1. The molecule has 1 aromatic rings. The molecule has 13 heavy (non-hydrogen) atoms. The lowest BCUT2D eigenvalue weighted by Gasteiger charge is -2.14. The van der Waals surface area contributed by atoms with Gasteiger partial charge in [0.25, 0.3) is 0 Å². The van der Waals surface area contributed by atoms with E-state index in [1.54, 1.807) is 28.8 Å². The number of hydrogen-bond donors (Lipinski definition) is 0. The molecule has 68 valence electrons. The van der Waals surface area contributed by atoms with Gasteiger partial charge in [0.2, 0.25) is 5.91 Å². The molecule has 0 bridgehead atoms. The average Bonchev–Trinajstić information content (AvgIpc) is 2.51. The number of halogens is 1. The summed E-state index contributed by atoms with van der Waals surface area (Å²) in [5, 5.41) is 0. The van der Waals surface area contributed by atoms with Crippen LogP contribution in [0.1, 0.15) is 0 Å². The van der Waals surface area contributed by atoms with Gasteiger partial charge in [-0.15, -0.1) is 11.8 Å². The normalized spacial score (nSPS) is 16.7. The van der Waals surface area contributed by atoms with Crippen molar-refractivity contribution in [3.63, 3.8) is 0 Å². The van der Waals surface area contributed by atoms with Crippen molar-refractivity contribution in [3.05, 3.63) is 30.1 Å². The standard InChI is InChI=1S/C9H8FNOS/c10-7-2-1-3-8(4-7)11-6-13-5-9(11)12/h1-4H,5-6H2. The van der Waals surface area contributed by atoms with E-state index in [9.17, 15) is 9.18 Å². The first kappa shape index (κ1) is 8.56. The van der Waals surface area contributed by atoms with Crippen LogP contribution < -0.4 is 4.90 Å².